The molecule has 1 saturated heterocycles. The number of anilines is 1. The third-order valence-electron chi connectivity index (χ3n) is 4.11. The zero-order valence-corrected chi connectivity index (χ0v) is 16.6. The molecule has 1 amide bonds. The number of carbonyl (C=O) groups excluding carboxylic acids is 1. The van der Waals surface area contributed by atoms with Gasteiger partial charge in [-0.15, -0.1) is 0 Å². The van der Waals surface area contributed by atoms with Crippen molar-refractivity contribution in [3.05, 3.63) is 48.3 Å². The Labute approximate surface area is 164 Å². The molecular formula is C19H23N3O5S. The van der Waals surface area contributed by atoms with E-state index >= 15 is 0 Å². The van der Waals surface area contributed by atoms with Crippen LogP contribution in [0, 0.1) is 0 Å². The summed E-state index contributed by atoms with van der Waals surface area (Å²) in [7, 11) is -3.69. The number of pyridine rings is 1. The van der Waals surface area contributed by atoms with Gasteiger partial charge in [-0.1, -0.05) is 0 Å². The lowest BCUT2D eigenvalue weighted by Crippen LogP contribution is -2.40. The van der Waals surface area contributed by atoms with Gasteiger partial charge < -0.3 is 14.8 Å². The molecule has 1 aliphatic rings. The lowest BCUT2D eigenvalue weighted by Gasteiger charge is -2.26. The van der Waals surface area contributed by atoms with Crippen LogP contribution >= 0.6 is 0 Å². The average molecular weight is 405 g/mol. The van der Waals surface area contributed by atoms with Crippen molar-refractivity contribution in [2.75, 3.05) is 31.6 Å². The number of ether oxygens (including phenoxy) is 2. The van der Waals surface area contributed by atoms with Crippen molar-refractivity contribution < 1.29 is 22.7 Å². The maximum atomic E-state index is 12.9. The minimum absolute atomic E-state index is 0.0931. The van der Waals surface area contributed by atoms with Crippen LogP contribution in [0.25, 0.3) is 0 Å². The summed E-state index contributed by atoms with van der Waals surface area (Å²) >= 11 is 0. The normalized spacial score (nSPS) is 15.4. The maximum absolute atomic E-state index is 12.9. The molecule has 1 aliphatic heterocycles. The molecule has 8 nitrogen and oxygen atoms in total. The highest BCUT2D eigenvalue weighted by Gasteiger charge is 2.27. The first-order chi connectivity index (χ1) is 13.4. The Morgan fingerprint density at radius 1 is 1.18 bits per heavy atom. The van der Waals surface area contributed by atoms with Gasteiger partial charge in [0.2, 0.25) is 10.0 Å². The Morgan fingerprint density at radius 2 is 1.86 bits per heavy atom. The highest BCUT2D eigenvalue weighted by atomic mass is 32.2. The molecule has 0 saturated carbocycles. The van der Waals surface area contributed by atoms with Gasteiger partial charge in [0.1, 0.15) is 5.75 Å². The first-order valence-corrected chi connectivity index (χ1v) is 10.4. The van der Waals surface area contributed by atoms with Crippen LogP contribution in [0.2, 0.25) is 0 Å². The molecular weight excluding hydrogens is 382 g/mol. The second kappa shape index (κ2) is 8.68. The predicted molar refractivity (Wildman–Crippen MR) is 104 cm³/mol. The topological polar surface area (TPSA) is 97.8 Å². The van der Waals surface area contributed by atoms with Crippen LogP contribution in [0.15, 0.2) is 47.6 Å². The van der Waals surface area contributed by atoms with E-state index in [1.807, 2.05) is 13.8 Å². The van der Waals surface area contributed by atoms with Gasteiger partial charge in [0, 0.05) is 31.0 Å². The van der Waals surface area contributed by atoms with E-state index in [0.29, 0.717) is 43.3 Å². The van der Waals surface area contributed by atoms with Crippen molar-refractivity contribution in [2.45, 2.75) is 24.8 Å². The highest BCUT2D eigenvalue weighted by Crippen LogP contribution is 2.30. The number of hydrogen-bond acceptors (Lipinski definition) is 6. The van der Waals surface area contributed by atoms with E-state index in [9.17, 15) is 13.2 Å². The standard InChI is InChI=1S/C19H23N3O5S/c1-14(2)27-18-4-3-16(28(24,25)22-9-11-26-12-10-22)13-17(18)21-19(23)15-5-7-20-8-6-15/h3-8,13-14H,9-12H2,1-2H3,(H,21,23). The molecule has 0 radical (unpaired) electrons. The summed E-state index contributed by atoms with van der Waals surface area (Å²) in [5.41, 5.74) is 0.705. The molecule has 0 atom stereocenters. The fraction of sp³-hybridized carbons (Fsp3) is 0.368. The van der Waals surface area contributed by atoms with Gasteiger partial charge in [-0.3, -0.25) is 9.78 Å². The Bertz CT molecular complexity index is 926. The molecule has 2 aromatic rings. The molecule has 150 valence electrons. The van der Waals surface area contributed by atoms with Gasteiger partial charge in [0.05, 0.1) is 29.9 Å². The Balaban J connectivity index is 1.93. The fourth-order valence-electron chi connectivity index (χ4n) is 2.76. The van der Waals surface area contributed by atoms with Crippen LogP contribution in [0.4, 0.5) is 5.69 Å². The molecule has 9 heteroatoms. The molecule has 1 aromatic heterocycles. The second-order valence-electron chi connectivity index (χ2n) is 6.53. The Morgan fingerprint density at radius 3 is 2.50 bits per heavy atom. The average Bonchev–Trinajstić information content (AvgIpc) is 2.70. The zero-order chi connectivity index (χ0) is 20.1. The summed E-state index contributed by atoms with van der Waals surface area (Å²) in [6.45, 7) is 5.02. The summed E-state index contributed by atoms with van der Waals surface area (Å²) in [5.74, 6) is 0.0234. The third-order valence-corrected chi connectivity index (χ3v) is 6.01. The number of nitrogens with one attached hydrogen (secondary N) is 1. The Hall–Kier alpha value is -2.49. The van der Waals surface area contributed by atoms with Crippen LogP contribution < -0.4 is 10.1 Å². The second-order valence-corrected chi connectivity index (χ2v) is 8.47. The summed E-state index contributed by atoms with van der Waals surface area (Å²) < 4.78 is 38.2. The summed E-state index contributed by atoms with van der Waals surface area (Å²) in [6.07, 6.45) is 2.89. The molecule has 0 bridgehead atoms. The summed E-state index contributed by atoms with van der Waals surface area (Å²) in [6, 6.07) is 7.64. The van der Waals surface area contributed by atoms with Crippen LogP contribution in [0.1, 0.15) is 24.2 Å². The zero-order valence-electron chi connectivity index (χ0n) is 15.8. The molecule has 2 heterocycles. The number of aromatic nitrogens is 1. The maximum Gasteiger partial charge on any atom is 0.255 e. The van der Waals surface area contributed by atoms with E-state index in [1.165, 1.54) is 28.8 Å². The van der Waals surface area contributed by atoms with Gasteiger partial charge in [-0.05, 0) is 44.2 Å². The van der Waals surface area contributed by atoms with Crippen molar-refractivity contribution >= 4 is 21.6 Å². The first-order valence-electron chi connectivity index (χ1n) is 8.98. The number of benzene rings is 1. The largest absolute Gasteiger partial charge is 0.489 e. The lowest BCUT2D eigenvalue weighted by molar-refractivity contribution is 0.0730. The number of rotatable bonds is 6. The molecule has 0 unspecified atom stereocenters. The summed E-state index contributed by atoms with van der Waals surface area (Å²) in [4.78, 5) is 16.5. The van der Waals surface area contributed by atoms with Crippen molar-refractivity contribution in [2.24, 2.45) is 0 Å². The van der Waals surface area contributed by atoms with E-state index in [4.69, 9.17) is 9.47 Å². The molecule has 1 fully saturated rings. The lowest BCUT2D eigenvalue weighted by atomic mass is 10.2. The van der Waals surface area contributed by atoms with Gasteiger partial charge in [-0.25, -0.2) is 8.42 Å². The van der Waals surface area contributed by atoms with E-state index < -0.39 is 10.0 Å². The van der Waals surface area contributed by atoms with E-state index in [1.54, 1.807) is 18.2 Å². The van der Waals surface area contributed by atoms with Gasteiger partial charge in [0.15, 0.2) is 0 Å². The third kappa shape index (κ3) is 4.67. The van der Waals surface area contributed by atoms with Crippen LogP contribution in [-0.4, -0.2) is 56.0 Å². The SMILES string of the molecule is CC(C)Oc1ccc(S(=O)(=O)N2CCOCC2)cc1NC(=O)c1ccncc1. The minimum atomic E-state index is -3.69. The van der Waals surface area contributed by atoms with Crippen molar-refractivity contribution in [1.82, 2.24) is 9.29 Å². The van der Waals surface area contributed by atoms with Gasteiger partial charge in [0.25, 0.3) is 5.91 Å². The van der Waals surface area contributed by atoms with E-state index in [0.717, 1.165) is 0 Å². The van der Waals surface area contributed by atoms with Crippen LogP contribution in [0.5, 0.6) is 5.75 Å². The first kappa shape index (κ1) is 20.2. The number of morpholine rings is 1. The fourth-order valence-corrected chi connectivity index (χ4v) is 4.19. The van der Waals surface area contributed by atoms with E-state index in [2.05, 4.69) is 10.3 Å². The number of sulfonamides is 1. The highest BCUT2D eigenvalue weighted by molar-refractivity contribution is 7.89. The molecule has 28 heavy (non-hydrogen) atoms. The molecule has 0 spiro atoms. The Kier molecular flexibility index (Phi) is 6.28. The number of hydrogen-bond donors (Lipinski definition) is 1. The molecule has 1 aromatic carbocycles. The minimum Gasteiger partial charge on any atom is -0.489 e. The molecule has 3 rings (SSSR count). The smallest absolute Gasteiger partial charge is 0.255 e. The van der Waals surface area contributed by atoms with Crippen LogP contribution in [-0.2, 0) is 14.8 Å². The van der Waals surface area contributed by atoms with Gasteiger partial charge >= 0.3 is 0 Å². The monoisotopic (exact) mass is 405 g/mol. The van der Waals surface area contributed by atoms with E-state index in [-0.39, 0.29) is 16.9 Å². The van der Waals surface area contributed by atoms with Crippen molar-refractivity contribution in [1.29, 1.82) is 0 Å². The predicted octanol–water partition coefficient (Wildman–Crippen LogP) is 2.14. The molecule has 1 N–H and O–H groups in total. The number of carbonyl (C=O) groups is 1. The van der Waals surface area contributed by atoms with Crippen molar-refractivity contribution in [3.63, 3.8) is 0 Å². The van der Waals surface area contributed by atoms with Crippen molar-refractivity contribution in [3.8, 4) is 5.75 Å². The van der Waals surface area contributed by atoms with Crippen LogP contribution in [0.3, 0.4) is 0 Å². The quantitative estimate of drug-likeness (QED) is 0.791. The number of amides is 1. The van der Waals surface area contributed by atoms with Gasteiger partial charge in [-0.2, -0.15) is 4.31 Å². The molecule has 0 aliphatic carbocycles. The number of nitrogens with zero attached hydrogens (tertiary/aromatic N) is 2. The summed E-state index contributed by atoms with van der Waals surface area (Å²) in [5, 5.41) is 2.75.